The molecule has 1 fully saturated rings. The average molecular weight is 485 g/mol. The van der Waals surface area contributed by atoms with Crippen LogP contribution in [0.3, 0.4) is 0 Å². The Morgan fingerprint density at radius 3 is 2.39 bits per heavy atom. The van der Waals surface area contributed by atoms with Crippen LogP contribution in [0.15, 0.2) is 48.5 Å². The zero-order valence-electron chi connectivity index (χ0n) is 18.3. The number of hydrogen-bond donors (Lipinski definition) is 2. The molecule has 1 aliphatic rings. The molecule has 172 valence electrons. The van der Waals surface area contributed by atoms with Gasteiger partial charge in [0.05, 0.1) is 6.54 Å². The van der Waals surface area contributed by atoms with Crippen molar-refractivity contribution in [3.8, 4) is 11.4 Å². The molecule has 2 N–H and O–H groups in total. The third kappa shape index (κ3) is 5.61. The van der Waals surface area contributed by atoms with E-state index < -0.39 is 0 Å². The van der Waals surface area contributed by atoms with E-state index in [1.165, 1.54) is 0 Å². The maximum absolute atomic E-state index is 12.6. The smallest absolute Gasteiger partial charge is 0.242 e. The van der Waals surface area contributed by atoms with E-state index in [0.29, 0.717) is 28.7 Å². The highest BCUT2D eigenvalue weighted by molar-refractivity contribution is 7.71. The number of carbonyl (C=O) groups is 2. The third-order valence-electron chi connectivity index (χ3n) is 5.63. The first-order valence-corrected chi connectivity index (χ1v) is 11.5. The maximum Gasteiger partial charge on any atom is 0.242 e. The van der Waals surface area contributed by atoms with Gasteiger partial charge in [0.25, 0.3) is 0 Å². The van der Waals surface area contributed by atoms with E-state index >= 15 is 0 Å². The summed E-state index contributed by atoms with van der Waals surface area (Å²) >= 11 is 11.2. The molecule has 0 radical (unpaired) electrons. The van der Waals surface area contributed by atoms with Gasteiger partial charge in [0, 0.05) is 42.5 Å². The lowest BCUT2D eigenvalue weighted by molar-refractivity contribution is -0.133. The lowest BCUT2D eigenvalue weighted by atomic mass is 10.1. The number of piperazine rings is 1. The van der Waals surface area contributed by atoms with Crippen LogP contribution in [-0.2, 0) is 16.1 Å². The quantitative estimate of drug-likeness (QED) is 0.525. The molecule has 1 saturated heterocycles. The maximum atomic E-state index is 12.6. The van der Waals surface area contributed by atoms with E-state index in [1.54, 1.807) is 9.47 Å². The van der Waals surface area contributed by atoms with Gasteiger partial charge in [0.1, 0.15) is 6.54 Å². The second-order valence-corrected chi connectivity index (χ2v) is 8.75. The Morgan fingerprint density at radius 2 is 1.73 bits per heavy atom. The Hall–Kier alpha value is -3.17. The molecule has 3 aromatic rings. The predicted molar refractivity (Wildman–Crippen MR) is 131 cm³/mol. The SMILES string of the molecule is Cc1ccc(-c2n[nH]c(=S)n2CC(=O)NCC(=O)N2CCN(c3ccc(Cl)cc3)CC2)cc1. The number of H-pyrrole nitrogens is 1. The number of hydrogen-bond acceptors (Lipinski definition) is 5. The fourth-order valence-electron chi connectivity index (χ4n) is 3.74. The lowest BCUT2D eigenvalue weighted by Crippen LogP contribution is -2.51. The zero-order chi connectivity index (χ0) is 23.4. The predicted octanol–water partition coefficient (Wildman–Crippen LogP) is 3.03. The van der Waals surface area contributed by atoms with Crippen molar-refractivity contribution in [3.63, 3.8) is 0 Å². The number of nitrogens with zero attached hydrogens (tertiary/aromatic N) is 4. The Morgan fingerprint density at radius 1 is 1.06 bits per heavy atom. The van der Waals surface area contributed by atoms with Crippen LogP contribution < -0.4 is 10.2 Å². The summed E-state index contributed by atoms with van der Waals surface area (Å²) in [6.07, 6.45) is 0. The summed E-state index contributed by atoms with van der Waals surface area (Å²) in [5.41, 5.74) is 3.07. The molecule has 0 atom stereocenters. The van der Waals surface area contributed by atoms with Crippen molar-refractivity contribution in [1.82, 2.24) is 25.0 Å². The molecule has 0 unspecified atom stereocenters. The number of carbonyl (C=O) groups excluding carboxylic acids is 2. The van der Waals surface area contributed by atoms with Gasteiger partial charge < -0.3 is 15.1 Å². The Bertz CT molecular complexity index is 1180. The average Bonchev–Trinajstić information content (AvgIpc) is 3.18. The molecular weight excluding hydrogens is 460 g/mol. The van der Waals surface area contributed by atoms with Gasteiger partial charge in [-0.25, -0.2) is 0 Å². The van der Waals surface area contributed by atoms with Gasteiger partial charge in [-0.1, -0.05) is 41.4 Å². The zero-order valence-corrected chi connectivity index (χ0v) is 19.8. The third-order valence-corrected chi connectivity index (χ3v) is 6.19. The van der Waals surface area contributed by atoms with Gasteiger partial charge in [-0.15, -0.1) is 0 Å². The Kier molecular flexibility index (Phi) is 7.10. The first-order chi connectivity index (χ1) is 15.9. The first-order valence-electron chi connectivity index (χ1n) is 10.7. The van der Waals surface area contributed by atoms with Gasteiger partial charge in [0.15, 0.2) is 10.6 Å². The van der Waals surface area contributed by atoms with Crippen molar-refractivity contribution in [2.45, 2.75) is 13.5 Å². The standard InChI is InChI=1S/C23H25ClN6O2S/c1-16-2-4-17(5-3-16)22-26-27-23(33)30(22)15-20(31)25-14-21(32)29-12-10-28(11-13-29)19-8-6-18(24)7-9-19/h2-9H,10-15H2,1H3,(H,25,31)(H,27,33). The molecule has 2 amide bonds. The number of anilines is 1. The molecule has 0 aliphatic carbocycles. The highest BCUT2D eigenvalue weighted by Crippen LogP contribution is 2.20. The van der Waals surface area contributed by atoms with Crippen LogP contribution in [0.1, 0.15) is 5.56 Å². The Labute approximate surface area is 202 Å². The first kappa shape index (κ1) is 23.0. The van der Waals surface area contributed by atoms with Crippen molar-refractivity contribution in [2.75, 3.05) is 37.6 Å². The van der Waals surface area contributed by atoms with Gasteiger partial charge in [0.2, 0.25) is 11.8 Å². The number of nitrogens with one attached hydrogen (secondary N) is 2. The van der Waals surface area contributed by atoms with Gasteiger partial charge in [-0.2, -0.15) is 5.10 Å². The summed E-state index contributed by atoms with van der Waals surface area (Å²) in [5, 5.41) is 10.4. The minimum Gasteiger partial charge on any atom is -0.368 e. The molecule has 1 aliphatic heterocycles. The lowest BCUT2D eigenvalue weighted by Gasteiger charge is -2.36. The fraction of sp³-hybridized carbons (Fsp3) is 0.304. The fourth-order valence-corrected chi connectivity index (χ4v) is 4.06. The molecule has 0 spiro atoms. The summed E-state index contributed by atoms with van der Waals surface area (Å²) in [6, 6.07) is 15.5. The van der Waals surface area contributed by atoms with Crippen LogP contribution in [0, 0.1) is 11.7 Å². The van der Waals surface area contributed by atoms with Gasteiger partial charge in [-0.05, 0) is 43.4 Å². The molecule has 8 nitrogen and oxygen atoms in total. The van der Waals surface area contributed by atoms with Crippen molar-refractivity contribution in [2.24, 2.45) is 0 Å². The summed E-state index contributed by atoms with van der Waals surface area (Å²) in [4.78, 5) is 29.1. The summed E-state index contributed by atoms with van der Waals surface area (Å²) in [6.45, 7) is 4.59. The van der Waals surface area contributed by atoms with Gasteiger partial charge >= 0.3 is 0 Å². The topological polar surface area (TPSA) is 86.3 Å². The molecular formula is C23H25ClN6O2S. The molecule has 0 saturated carbocycles. The highest BCUT2D eigenvalue weighted by Gasteiger charge is 2.22. The van der Waals surface area contributed by atoms with E-state index in [2.05, 4.69) is 20.4 Å². The summed E-state index contributed by atoms with van der Waals surface area (Å²) in [7, 11) is 0. The number of aromatic nitrogens is 3. The number of aromatic amines is 1. The molecule has 2 heterocycles. The number of rotatable bonds is 6. The largest absolute Gasteiger partial charge is 0.368 e. The van der Waals surface area contributed by atoms with Crippen molar-refractivity contribution < 1.29 is 9.59 Å². The minimum absolute atomic E-state index is 0.0177. The minimum atomic E-state index is -0.297. The van der Waals surface area contributed by atoms with Crippen LogP contribution in [0.2, 0.25) is 5.02 Å². The second kappa shape index (κ2) is 10.2. The number of halogens is 1. The monoisotopic (exact) mass is 484 g/mol. The van der Waals surface area contributed by atoms with E-state index in [9.17, 15) is 9.59 Å². The van der Waals surface area contributed by atoms with E-state index in [0.717, 1.165) is 29.9 Å². The normalized spacial score (nSPS) is 13.8. The van der Waals surface area contributed by atoms with Crippen LogP contribution in [-0.4, -0.2) is 64.2 Å². The number of amides is 2. The molecule has 4 rings (SSSR count). The van der Waals surface area contributed by atoms with E-state index in [4.69, 9.17) is 23.8 Å². The van der Waals surface area contributed by atoms with Crippen molar-refractivity contribution >= 4 is 41.3 Å². The molecule has 1 aromatic heterocycles. The van der Waals surface area contributed by atoms with Gasteiger partial charge in [-0.3, -0.25) is 19.3 Å². The van der Waals surface area contributed by atoms with Crippen LogP contribution in [0.5, 0.6) is 0 Å². The van der Waals surface area contributed by atoms with Crippen molar-refractivity contribution in [1.29, 1.82) is 0 Å². The Balaban J connectivity index is 1.29. The number of benzene rings is 2. The molecule has 10 heteroatoms. The highest BCUT2D eigenvalue weighted by atomic mass is 35.5. The van der Waals surface area contributed by atoms with Crippen LogP contribution in [0.4, 0.5) is 5.69 Å². The summed E-state index contributed by atoms with van der Waals surface area (Å²) in [5.74, 6) is 0.183. The van der Waals surface area contributed by atoms with E-state index in [1.807, 2.05) is 55.5 Å². The summed E-state index contributed by atoms with van der Waals surface area (Å²) < 4.78 is 1.98. The second-order valence-electron chi connectivity index (χ2n) is 7.93. The van der Waals surface area contributed by atoms with Crippen molar-refractivity contribution in [3.05, 3.63) is 63.9 Å². The van der Waals surface area contributed by atoms with Crippen LogP contribution >= 0.6 is 23.8 Å². The van der Waals surface area contributed by atoms with E-state index in [-0.39, 0.29) is 24.9 Å². The molecule has 0 bridgehead atoms. The molecule has 33 heavy (non-hydrogen) atoms. The molecule has 2 aromatic carbocycles. The number of aryl methyl sites for hydroxylation is 1. The van der Waals surface area contributed by atoms with Crippen LogP contribution in [0.25, 0.3) is 11.4 Å².